The van der Waals surface area contributed by atoms with Crippen LogP contribution in [0, 0.1) is 6.92 Å². The summed E-state index contributed by atoms with van der Waals surface area (Å²) in [5.74, 6) is 0.848. The van der Waals surface area contributed by atoms with Gasteiger partial charge in [0.15, 0.2) is 0 Å². The molecule has 0 amide bonds. The maximum absolute atomic E-state index is 11.9. The Labute approximate surface area is 146 Å². The summed E-state index contributed by atoms with van der Waals surface area (Å²) >= 11 is 0. The highest BCUT2D eigenvalue weighted by Gasteiger charge is 2.22. The van der Waals surface area contributed by atoms with Crippen molar-refractivity contribution >= 4 is 0 Å². The number of hydrogen-bond donors (Lipinski definition) is 2. The van der Waals surface area contributed by atoms with Gasteiger partial charge in [-0.25, -0.2) is 4.79 Å². The predicted octanol–water partition coefficient (Wildman–Crippen LogP) is 1.89. The summed E-state index contributed by atoms with van der Waals surface area (Å²) in [7, 11) is 1.66. The van der Waals surface area contributed by atoms with Crippen molar-refractivity contribution in [1.29, 1.82) is 0 Å². The van der Waals surface area contributed by atoms with Gasteiger partial charge in [0.2, 0.25) is 5.69 Å². The number of benzene rings is 2. The minimum absolute atomic E-state index is 0.363. The van der Waals surface area contributed by atoms with Crippen molar-refractivity contribution < 1.29 is 13.9 Å². The fourth-order valence-electron chi connectivity index (χ4n) is 2.58. The van der Waals surface area contributed by atoms with E-state index in [-0.39, 0.29) is 5.63 Å². The fourth-order valence-corrected chi connectivity index (χ4v) is 2.58. The van der Waals surface area contributed by atoms with E-state index in [0.29, 0.717) is 12.2 Å². The van der Waals surface area contributed by atoms with E-state index in [9.17, 15) is 4.79 Å². The standard InChI is InChI=1S/C19H21N3O3/c1-14-3-7-16(8-4-14)22-18(19(23)25-21-22)13-20-12-11-15-5-9-17(24-2)10-6-15/h3-10,20H,11-13H2,1-2H3/p+1. The quantitative estimate of drug-likeness (QED) is 0.509. The minimum Gasteiger partial charge on any atom is -0.497 e. The molecule has 130 valence electrons. The summed E-state index contributed by atoms with van der Waals surface area (Å²) in [5, 5.41) is 5.95. The van der Waals surface area contributed by atoms with Gasteiger partial charge in [-0.15, -0.1) is 0 Å². The Balaban J connectivity index is 1.60. The third-order valence-corrected chi connectivity index (χ3v) is 4.07. The molecule has 0 aliphatic rings. The van der Waals surface area contributed by atoms with E-state index in [1.807, 2.05) is 55.5 Å². The molecule has 2 N–H and O–H groups in total. The number of aryl methyl sites for hydroxylation is 1. The monoisotopic (exact) mass is 340 g/mol. The normalized spacial score (nSPS) is 10.8. The van der Waals surface area contributed by atoms with Gasteiger partial charge in [0.1, 0.15) is 5.75 Å². The van der Waals surface area contributed by atoms with Gasteiger partial charge in [0.05, 0.1) is 13.7 Å². The van der Waals surface area contributed by atoms with Gasteiger partial charge in [-0.05, 0) is 47.5 Å². The number of aromatic nitrogens is 2. The Bertz CT molecular complexity index is 864. The zero-order valence-corrected chi connectivity index (χ0v) is 14.4. The largest absolute Gasteiger partial charge is 0.497 e. The summed E-state index contributed by atoms with van der Waals surface area (Å²) in [6, 6.07) is 15.9. The van der Waals surface area contributed by atoms with Crippen molar-refractivity contribution in [3.8, 4) is 11.4 Å². The summed E-state index contributed by atoms with van der Waals surface area (Å²) in [6.07, 6.45) is 0.865. The van der Waals surface area contributed by atoms with E-state index < -0.39 is 0 Å². The lowest BCUT2D eigenvalue weighted by molar-refractivity contribution is -0.677. The first-order valence-electron chi connectivity index (χ1n) is 8.20. The number of H-pyrrole nitrogens is 1. The third kappa shape index (κ3) is 4.16. The molecule has 6 heteroatoms. The molecule has 3 aromatic rings. The molecule has 0 aliphatic heterocycles. The predicted molar refractivity (Wildman–Crippen MR) is 94.0 cm³/mol. The van der Waals surface area contributed by atoms with Crippen molar-refractivity contribution in [2.75, 3.05) is 13.7 Å². The summed E-state index contributed by atoms with van der Waals surface area (Å²) in [6.45, 7) is 3.20. The van der Waals surface area contributed by atoms with Crippen molar-refractivity contribution in [1.82, 2.24) is 10.6 Å². The molecule has 0 saturated carbocycles. The fraction of sp³-hybridized carbons (Fsp3) is 0.263. The van der Waals surface area contributed by atoms with Gasteiger partial charge in [0.25, 0.3) is 0 Å². The molecular weight excluding hydrogens is 318 g/mol. The van der Waals surface area contributed by atoms with E-state index in [4.69, 9.17) is 9.26 Å². The second-order valence-electron chi connectivity index (χ2n) is 5.87. The smallest absolute Gasteiger partial charge is 0.431 e. The molecule has 0 bridgehead atoms. The topological polar surface area (TPSA) is 71.1 Å². The molecule has 6 nitrogen and oxygen atoms in total. The molecule has 0 saturated heterocycles. The number of methoxy groups -OCH3 is 1. The molecule has 3 rings (SSSR count). The van der Waals surface area contributed by atoms with Crippen LogP contribution in [0.5, 0.6) is 5.75 Å². The van der Waals surface area contributed by atoms with Gasteiger partial charge < -0.3 is 10.1 Å². The van der Waals surface area contributed by atoms with Crippen molar-refractivity contribution in [3.63, 3.8) is 0 Å². The maximum Gasteiger partial charge on any atom is 0.431 e. The zero-order valence-electron chi connectivity index (χ0n) is 14.4. The number of ether oxygens (including phenoxy) is 1. The van der Waals surface area contributed by atoms with Gasteiger partial charge in [0, 0.05) is 12.1 Å². The maximum atomic E-state index is 11.9. The molecule has 0 aliphatic carbocycles. The van der Waals surface area contributed by atoms with Gasteiger partial charge in [-0.3, -0.25) is 4.52 Å². The van der Waals surface area contributed by atoms with E-state index in [0.717, 1.165) is 30.0 Å². The highest BCUT2D eigenvalue weighted by atomic mass is 16.5. The number of rotatable bonds is 7. The number of nitrogens with one attached hydrogen (secondary N) is 2. The van der Waals surface area contributed by atoms with Crippen molar-refractivity contribution in [2.45, 2.75) is 19.9 Å². The zero-order chi connectivity index (χ0) is 17.6. The molecule has 25 heavy (non-hydrogen) atoms. The Kier molecular flexibility index (Phi) is 5.30. The first kappa shape index (κ1) is 17.0. The number of aromatic amines is 1. The van der Waals surface area contributed by atoms with Crippen LogP contribution in [0.15, 0.2) is 57.8 Å². The highest BCUT2D eigenvalue weighted by Crippen LogP contribution is 2.11. The van der Waals surface area contributed by atoms with Crippen LogP contribution < -0.4 is 20.4 Å². The lowest BCUT2D eigenvalue weighted by Gasteiger charge is -2.04. The molecule has 0 atom stereocenters. The molecule has 0 fully saturated rings. The van der Waals surface area contributed by atoms with Crippen LogP contribution in [0.2, 0.25) is 0 Å². The Hall–Kier alpha value is -2.86. The van der Waals surface area contributed by atoms with Crippen LogP contribution in [-0.2, 0) is 13.0 Å². The van der Waals surface area contributed by atoms with Crippen LogP contribution >= 0.6 is 0 Å². The molecule has 0 spiro atoms. The Morgan fingerprint density at radius 3 is 2.52 bits per heavy atom. The molecule has 0 unspecified atom stereocenters. The average Bonchev–Trinajstić information content (AvgIpc) is 3.00. The van der Waals surface area contributed by atoms with Crippen LogP contribution in [0.3, 0.4) is 0 Å². The average molecular weight is 340 g/mol. The van der Waals surface area contributed by atoms with Gasteiger partial charge >= 0.3 is 11.3 Å². The molecule has 0 radical (unpaired) electrons. The SMILES string of the molecule is COc1ccc(CCNCc2c(=O)o[nH][n+]2-c2ccc(C)cc2)cc1. The first-order chi connectivity index (χ1) is 12.2. The van der Waals surface area contributed by atoms with Crippen LogP contribution in [-0.4, -0.2) is 18.9 Å². The minimum atomic E-state index is -0.363. The number of nitrogens with zero attached hydrogens (tertiary/aromatic N) is 1. The van der Waals surface area contributed by atoms with Crippen LogP contribution in [0.25, 0.3) is 5.69 Å². The van der Waals surface area contributed by atoms with Crippen molar-refractivity contribution in [2.24, 2.45) is 0 Å². The second kappa shape index (κ2) is 7.81. The van der Waals surface area contributed by atoms with Crippen molar-refractivity contribution in [3.05, 3.63) is 75.8 Å². The van der Waals surface area contributed by atoms with Crippen LogP contribution in [0.1, 0.15) is 16.8 Å². The number of hydrogen-bond acceptors (Lipinski definition) is 4. The first-order valence-corrected chi connectivity index (χ1v) is 8.20. The van der Waals surface area contributed by atoms with Crippen LogP contribution in [0.4, 0.5) is 0 Å². The third-order valence-electron chi connectivity index (χ3n) is 4.07. The van der Waals surface area contributed by atoms with Gasteiger partial charge in [-0.2, -0.15) is 0 Å². The summed E-state index contributed by atoms with van der Waals surface area (Å²) in [4.78, 5) is 11.9. The lowest BCUT2D eigenvalue weighted by Crippen LogP contribution is -2.41. The summed E-state index contributed by atoms with van der Waals surface area (Å²) in [5.41, 5.74) is 3.41. The van der Waals surface area contributed by atoms with Gasteiger partial charge in [-0.1, -0.05) is 29.8 Å². The second-order valence-corrected chi connectivity index (χ2v) is 5.87. The summed E-state index contributed by atoms with van der Waals surface area (Å²) < 4.78 is 11.8. The van der Waals surface area contributed by atoms with E-state index >= 15 is 0 Å². The molecule has 2 aromatic carbocycles. The Morgan fingerprint density at radius 2 is 1.84 bits per heavy atom. The van der Waals surface area contributed by atoms with E-state index in [2.05, 4.69) is 10.6 Å². The van der Waals surface area contributed by atoms with E-state index in [1.165, 1.54) is 5.56 Å². The molecule has 1 heterocycles. The Morgan fingerprint density at radius 1 is 1.12 bits per heavy atom. The molecule has 1 aromatic heterocycles. The van der Waals surface area contributed by atoms with E-state index in [1.54, 1.807) is 11.8 Å². The molecular formula is C19H22N3O3+. The lowest BCUT2D eigenvalue weighted by atomic mass is 10.1. The highest BCUT2D eigenvalue weighted by molar-refractivity contribution is 5.27.